The van der Waals surface area contributed by atoms with Crippen molar-refractivity contribution in [3.8, 4) is 0 Å². The zero-order chi connectivity index (χ0) is 12.5. The Kier molecular flexibility index (Phi) is 3.73. The number of nitrogens with zero attached hydrogens (tertiary/aromatic N) is 1. The largest absolute Gasteiger partial charge is 0.368 e. The number of nitrogens with two attached hydrogens (primary N) is 1. The summed E-state index contributed by atoms with van der Waals surface area (Å²) in [5.41, 5.74) is 4.95. The average molecular weight is 239 g/mol. The molecule has 3 unspecified atom stereocenters. The lowest BCUT2D eigenvalue weighted by molar-refractivity contribution is -0.124. The Morgan fingerprint density at radius 3 is 2.47 bits per heavy atom. The van der Waals surface area contributed by atoms with Crippen LogP contribution in [0.25, 0.3) is 0 Å². The molecule has 98 valence electrons. The van der Waals surface area contributed by atoms with E-state index in [0.717, 1.165) is 38.0 Å². The number of carbonyl (C=O) groups excluding carboxylic acids is 1. The Morgan fingerprint density at radius 1 is 1.41 bits per heavy atom. The highest BCUT2D eigenvalue weighted by Gasteiger charge is 2.40. The number of primary amides is 1. The van der Waals surface area contributed by atoms with Crippen molar-refractivity contribution in [2.45, 2.75) is 38.6 Å². The Balaban J connectivity index is 1.93. The second kappa shape index (κ2) is 4.94. The van der Waals surface area contributed by atoms with Crippen LogP contribution in [0.1, 0.15) is 33.1 Å². The van der Waals surface area contributed by atoms with Crippen molar-refractivity contribution in [1.82, 2.24) is 10.2 Å². The lowest BCUT2D eigenvalue weighted by atomic mass is 10.0. The Bertz CT molecular complexity index is 282. The quantitative estimate of drug-likeness (QED) is 0.737. The standard InChI is InChI=1S/C13H25N3O/c1-3-15-13(2,12(14)17)9-16-7-10-5-4-6-11(10)8-16/h10-11,15H,3-9H2,1-2H3,(H2,14,17). The summed E-state index contributed by atoms with van der Waals surface area (Å²) in [5.74, 6) is 1.50. The third-order valence-corrected chi connectivity index (χ3v) is 4.45. The van der Waals surface area contributed by atoms with Gasteiger partial charge in [0.25, 0.3) is 0 Å². The molecule has 0 aromatic heterocycles. The number of likely N-dealkylation sites (tertiary alicyclic amines) is 1. The number of rotatable bonds is 5. The van der Waals surface area contributed by atoms with Gasteiger partial charge in [0.2, 0.25) is 5.91 Å². The minimum atomic E-state index is -0.576. The van der Waals surface area contributed by atoms with Gasteiger partial charge >= 0.3 is 0 Å². The van der Waals surface area contributed by atoms with E-state index in [9.17, 15) is 4.79 Å². The van der Waals surface area contributed by atoms with Crippen LogP contribution in [-0.4, -0.2) is 42.5 Å². The predicted molar refractivity (Wildman–Crippen MR) is 68.5 cm³/mol. The number of carbonyl (C=O) groups is 1. The lowest BCUT2D eigenvalue weighted by Gasteiger charge is -2.32. The average Bonchev–Trinajstić information content (AvgIpc) is 2.77. The third kappa shape index (κ3) is 2.63. The smallest absolute Gasteiger partial charge is 0.238 e. The summed E-state index contributed by atoms with van der Waals surface area (Å²) in [4.78, 5) is 14.0. The molecule has 1 saturated heterocycles. The number of nitrogens with one attached hydrogen (secondary N) is 1. The molecule has 0 aromatic rings. The number of fused-ring (bicyclic) bond motifs is 1. The highest BCUT2D eigenvalue weighted by molar-refractivity contribution is 5.84. The molecular weight excluding hydrogens is 214 g/mol. The molecule has 1 aliphatic carbocycles. The van der Waals surface area contributed by atoms with Gasteiger partial charge in [0.05, 0.1) is 0 Å². The first-order valence-corrected chi connectivity index (χ1v) is 6.82. The van der Waals surface area contributed by atoms with Crippen molar-refractivity contribution < 1.29 is 4.79 Å². The van der Waals surface area contributed by atoms with Crippen LogP contribution in [0.2, 0.25) is 0 Å². The second-order valence-corrected chi connectivity index (χ2v) is 5.87. The minimum absolute atomic E-state index is 0.239. The van der Waals surface area contributed by atoms with Crippen molar-refractivity contribution in [2.75, 3.05) is 26.2 Å². The van der Waals surface area contributed by atoms with E-state index in [1.165, 1.54) is 19.3 Å². The normalized spacial score (nSPS) is 32.4. The molecule has 2 aliphatic rings. The van der Waals surface area contributed by atoms with Crippen molar-refractivity contribution in [3.05, 3.63) is 0 Å². The molecule has 1 heterocycles. The van der Waals surface area contributed by atoms with E-state index >= 15 is 0 Å². The molecule has 2 fully saturated rings. The van der Waals surface area contributed by atoms with Crippen LogP contribution in [0.3, 0.4) is 0 Å². The summed E-state index contributed by atoms with van der Waals surface area (Å²) < 4.78 is 0. The number of likely N-dealkylation sites (N-methyl/N-ethyl adjacent to an activating group) is 1. The molecule has 4 heteroatoms. The van der Waals surface area contributed by atoms with Gasteiger partial charge in [-0.05, 0) is 38.1 Å². The molecule has 4 nitrogen and oxygen atoms in total. The van der Waals surface area contributed by atoms with Crippen molar-refractivity contribution in [2.24, 2.45) is 17.6 Å². The molecule has 3 atom stereocenters. The molecule has 1 saturated carbocycles. The van der Waals surface area contributed by atoms with Crippen LogP contribution in [0.15, 0.2) is 0 Å². The Hall–Kier alpha value is -0.610. The Labute approximate surface area is 104 Å². The van der Waals surface area contributed by atoms with E-state index in [2.05, 4.69) is 10.2 Å². The van der Waals surface area contributed by atoms with Gasteiger partial charge in [-0.25, -0.2) is 0 Å². The van der Waals surface area contributed by atoms with Gasteiger partial charge in [-0.2, -0.15) is 0 Å². The van der Waals surface area contributed by atoms with Gasteiger partial charge in [-0.3, -0.25) is 4.79 Å². The van der Waals surface area contributed by atoms with E-state index in [1.54, 1.807) is 0 Å². The molecule has 1 amide bonds. The maximum absolute atomic E-state index is 11.6. The number of hydrogen-bond acceptors (Lipinski definition) is 3. The van der Waals surface area contributed by atoms with Crippen molar-refractivity contribution in [1.29, 1.82) is 0 Å². The first-order chi connectivity index (χ1) is 8.05. The van der Waals surface area contributed by atoms with Gasteiger partial charge in [-0.15, -0.1) is 0 Å². The summed E-state index contributed by atoms with van der Waals surface area (Å²) in [6, 6.07) is 0. The SMILES string of the molecule is CCNC(C)(CN1CC2CCCC2C1)C(N)=O. The van der Waals surface area contributed by atoms with Gasteiger partial charge in [-0.1, -0.05) is 13.3 Å². The first-order valence-electron chi connectivity index (χ1n) is 6.82. The van der Waals surface area contributed by atoms with Crippen LogP contribution >= 0.6 is 0 Å². The minimum Gasteiger partial charge on any atom is -0.368 e. The van der Waals surface area contributed by atoms with Crippen LogP contribution in [-0.2, 0) is 4.79 Å². The van der Waals surface area contributed by atoms with E-state index in [0.29, 0.717) is 0 Å². The zero-order valence-corrected chi connectivity index (χ0v) is 11.0. The fourth-order valence-electron chi connectivity index (χ4n) is 3.52. The molecule has 2 rings (SSSR count). The van der Waals surface area contributed by atoms with Crippen molar-refractivity contribution >= 4 is 5.91 Å². The molecule has 3 N–H and O–H groups in total. The first kappa shape index (κ1) is 12.8. The molecule has 0 aromatic carbocycles. The highest BCUT2D eigenvalue weighted by atomic mass is 16.1. The van der Waals surface area contributed by atoms with Gasteiger partial charge in [0.1, 0.15) is 5.54 Å². The zero-order valence-electron chi connectivity index (χ0n) is 11.0. The molecule has 0 bridgehead atoms. The van der Waals surface area contributed by atoms with E-state index < -0.39 is 5.54 Å². The Morgan fingerprint density at radius 2 is 2.00 bits per heavy atom. The molecule has 17 heavy (non-hydrogen) atoms. The van der Waals surface area contributed by atoms with Gasteiger partial charge < -0.3 is 16.0 Å². The third-order valence-electron chi connectivity index (χ3n) is 4.45. The van der Waals surface area contributed by atoms with Crippen LogP contribution in [0.5, 0.6) is 0 Å². The second-order valence-electron chi connectivity index (χ2n) is 5.87. The topological polar surface area (TPSA) is 58.4 Å². The summed E-state index contributed by atoms with van der Waals surface area (Å²) in [6.45, 7) is 7.77. The maximum Gasteiger partial charge on any atom is 0.238 e. The van der Waals surface area contributed by atoms with E-state index in [4.69, 9.17) is 5.73 Å². The molecule has 1 aliphatic heterocycles. The van der Waals surface area contributed by atoms with E-state index in [1.807, 2.05) is 13.8 Å². The van der Waals surface area contributed by atoms with Crippen LogP contribution in [0.4, 0.5) is 0 Å². The van der Waals surface area contributed by atoms with E-state index in [-0.39, 0.29) is 5.91 Å². The number of amides is 1. The molecule has 0 radical (unpaired) electrons. The number of hydrogen-bond donors (Lipinski definition) is 2. The summed E-state index contributed by atoms with van der Waals surface area (Å²) >= 11 is 0. The van der Waals surface area contributed by atoms with Gasteiger partial charge in [0, 0.05) is 19.6 Å². The molecule has 0 spiro atoms. The lowest BCUT2D eigenvalue weighted by Crippen LogP contribution is -2.59. The summed E-state index contributed by atoms with van der Waals surface area (Å²) in [7, 11) is 0. The van der Waals surface area contributed by atoms with Crippen LogP contribution in [0, 0.1) is 11.8 Å². The van der Waals surface area contributed by atoms with Crippen LogP contribution < -0.4 is 11.1 Å². The summed E-state index contributed by atoms with van der Waals surface area (Å²) in [6.07, 6.45) is 4.13. The van der Waals surface area contributed by atoms with Gasteiger partial charge in [0.15, 0.2) is 0 Å². The maximum atomic E-state index is 11.6. The highest BCUT2D eigenvalue weighted by Crippen LogP contribution is 2.37. The van der Waals surface area contributed by atoms with Crippen molar-refractivity contribution in [3.63, 3.8) is 0 Å². The summed E-state index contributed by atoms with van der Waals surface area (Å²) in [5, 5.41) is 3.23. The fourth-order valence-corrected chi connectivity index (χ4v) is 3.52. The predicted octanol–water partition coefficient (Wildman–Crippen LogP) is 0.572. The fraction of sp³-hybridized carbons (Fsp3) is 0.923. The monoisotopic (exact) mass is 239 g/mol. The molecular formula is C13H25N3O.